The molecule has 2 nitrogen and oxygen atoms in total. The smallest absolute Gasteiger partial charge is 0.100 e. The van der Waals surface area contributed by atoms with Crippen LogP contribution in [0.25, 0.3) is 0 Å². The molecule has 1 heterocycles. The highest BCUT2D eigenvalue weighted by molar-refractivity contribution is 5.45. The molecule has 0 bridgehead atoms. The molecule has 80 valence electrons. The fourth-order valence-electron chi connectivity index (χ4n) is 1.96. The molecule has 1 aliphatic heterocycles. The van der Waals surface area contributed by atoms with Crippen molar-refractivity contribution in [1.82, 2.24) is 4.90 Å². The summed E-state index contributed by atoms with van der Waals surface area (Å²) < 4.78 is 5.27. The molecule has 0 aromatic rings. The Morgan fingerprint density at radius 2 is 2.20 bits per heavy atom. The van der Waals surface area contributed by atoms with E-state index in [1.54, 1.807) is 7.11 Å². The highest BCUT2D eigenvalue weighted by Gasteiger charge is 2.18. The van der Waals surface area contributed by atoms with Crippen molar-refractivity contribution in [2.75, 3.05) is 13.7 Å². The van der Waals surface area contributed by atoms with Gasteiger partial charge < -0.3 is 9.64 Å². The molecule has 0 amide bonds. The fraction of sp³-hybridized carbons (Fsp3) is 0.385. The summed E-state index contributed by atoms with van der Waals surface area (Å²) in [4.78, 5) is 2.30. The molecular weight excluding hydrogens is 186 g/mol. The standard InChI is InChI=1S/C13H17NO/c1-3-8-14-9-4-5-11-10-12(15-2)6-7-13(11)14/h4-7,9H,3,8,10H2,1-2H3. The Hall–Kier alpha value is -1.44. The molecule has 0 atom stereocenters. The van der Waals surface area contributed by atoms with Crippen LogP contribution >= 0.6 is 0 Å². The lowest BCUT2D eigenvalue weighted by Gasteiger charge is -2.29. The Labute approximate surface area is 91.2 Å². The molecule has 0 saturated heterocycles. The molecule has 15 heavy (non-hydrogen) atoms. The number of methoxy groups -OCH3 is 1. The Morgan fingerprint density at radius 1 is 1.33 bits per heavy atom. The normalized spacial score (nSPS) is 19.1. The summed E-state index contributed by atoms with van der Waals surface area (Å²) in [6.45, 7) is 3.28. The number of ether oxygens (including phenoxy) is 1. The molecule has 0 saturated carbocycles. The van der Waals surface area contributed by atoms with Gasteiger partial charge in [-0.3, -0.25) is 0 Å². The van der Waals surface area contributed by atoms with Gasteiger partial charge in [0.15, 0.2) is 0 Å². The first-order valence-electron chi connectivity index (χ1n) is 5.44. The summed E-state index contributed by atoms with van der Waals surface area (Å²) in [5.41, 5.74) is 2.67. The van der Waals surface area contributed by atoms with Crippen LogP contribution in [0.5, 0.6) is 0 Å². The lowest BCUT2D eigenvalue weighted by Crippen LogP contribution is -2.22. The van der Waals surface area contributed by atoms with E-state index in [0.29, 0.717) is 0 Å². The first-order chi connectivity index (χ1) is 7.35. The zero-order valence-electron chi connectivity index (χ0n) is 9.36. The molecule has 0 spiro atoms. The molecule has 0 unspecified atom stereocenters. The first-order valence-corrected chi connectivity index (χ1v) is 5.44. The van der Waals surface area contributed by atoms with E-state index < -0.39 is 0 Å². The third-order valence-electron chi connectivity index (χ3n) is 2.72. The van der Waals surface area contributed by atoms with E-state index in [9.17, 15) is 0 Å². The van der Waals surface area contributed by atoms with Gasteiger partial charge in [-0.1, -0.05) is 13.0 Å². The third kappa shape index (κ3) is 1.99. The lowest BCUT2D eigenvalue weighted by molar-refractivity contribution is 0.280. The SMILES string of the molecule is CCCN1C=CC=C2CC(OC)=CC=C21. The van der Waals surface area contributed by atoms with E-state index in [2.05, 4.69) is 42.3 Å². The molecule has 0 aromatic carbocycles. The van der Waals surface area contributed by atoms with Crippen LogP contribution in [0.3, 0.4) is 0 Å². The van der Waals surface area contributed by atoms with E-state index in [1.165, 1.54) is 11.3 Å². The summed E-state index contributed by atoms with van der Waals surface area (Å²) >= 11 is 0. The number of hydrogen-bond donors (Lipinski definition) is 0. The maximum atomic E-state index is 5.27. The number of fused-ring (bicyclic) bond motifs is 1. The largest absolute Gasteiger partial charge is 0.501 e. The maximum Gasteiger partial charge on any atom is 0.100 e. The van der Waals surface area contributed by atoms with E-state index >= 15 is 0 Å². The predicted molar refractivity (Wildman–Crippen MR) is 62.0 cm³/mol. The topological polar surface area (TPSA) is 12.5 Å². The molecule has 0 radical (unpaired) electrons. The summed E-state index contributed by atoms with van der Waals surface area (Å²) in [5, 5.41) is 0. The molecule has 0 aromatic heterocycles. The minimum Gasteiger partial charge on any atom is -0.501 e. The second-order valence-electron chi connectivity index (χ2n) is 3.79. The van der Waals surface area contributed by atoms with Crippen molar-refractivity contribution in [2.45, 2.75) is 19.8 Å². The van der Waals surface area contributed by atoms with E-state index in [-0.39, 0.29) is 0 Å². The third-order valence-corrected chi connectivity index (χ3v) is 2.72. The lowest BCUT2D eigenvalue weighted by atomic mass is 9.99. The molecule has 2 rings (SSSR count). The van der Waals surface area contributed by atoms with Gasteiger partial charge in [-0.25, -0.2) is 0 Å². The van der Waals surface area contributed by atoms with E-state index in [1.807, 2.05) is 0 Å². The number of allylic oxidation sites excluding steroid dienone is 6. The van der Waals surface area contributed by atoms with Gasteiger partial charge in [0, 0.05) is 24.9 Å². The maximum absolute atomic E-state index is 5.27. The molecule has 0 fully saturated rings. The van der Waals surface area contributed by atoms with Gasteiger partial charge in [0.2, 0.25) is 0 Å². The molecule has 2 aliphatic rings. The van der Waals surface area contributed by atoms with Gasteiger partial charge in [0.1, 0.15) is 5.76 Å². The van der Waals surface area contributed by atoms with Crippen LogP contribution in [-0.2, 0) is 4.74 Å². The monoisotopic (exact) mass is 203 g/mol. The average Bonchev–Trinajstić information content (AvgIpc) is 2.29. The van der Waals surface area contributed by atoms with Crippen molar-refractivity contribution in [3.05, 3.63) is 47.5 Å². The molecule has 1 aliphatic carbocycles. The van der Waals surface area contributed by atoms with Crippen LogP contribution in [0.1, 0.15) is 19.8 Å². The van der Waals surface area contributed by atoms with Gasteiger partial charge in [-0.2, -0.15) is 0 Å². The minimum absolute atomic E-state index is 0.910. The van der Waals surface area contributed by atoms with Crippen molar-refractivity contribution in [3.63, 3.8) is 0 Å². The van der Waals surface area contributed by atoms with Crippen LogP contribution in [0.4, 0.5) is 0 Å². The van der Waals surface area contributed by atoms with Crippen LogP contribution in [0, 0.1) is 0 Å². The summed E-state index contributed by atoms with van der Waals surface area (Å²) in [6, 6.07) is 0. The summed E-state index contributed by atoms with van der Waals surface area (Å²) in [5.74, 6) is 1.04. The highest BCUT2D eigenvalue weighted by atomic mass is 16.5. The van der Waals surface area contributed by atoms with Crippen LogP contribution in [-0.4, -0.2) is 18.6 Å². The fourth-order valence-corrected chi connectivity index (χ4v) is 1.96. The average molecular weight is 203 g/mol. The molecule has 2 heteroatoms. The molecule has 0 N–H and O–H groups in total. The van der Waals surface area contributed by atoms with Gasteiger partial charge in [0.05, 0.1) is 7.11 Å². The first kappa shape index (κ1) is 10.1. The van der Waals surface area contributed by atoms with E-state index in [4.69, 9.17) is 4.74 Å². The van der Waals surface area contributed by atoms with Crippen molar-refractivity contribution >= 4 is 0 Å². The van der Waals surface area contributed by atoms with Crippen molar-refractivity contribution in [3.8, 4) is 0 Å². The highest BCUT2D eigenvalue weighted by Crippen LogP contribution is 2.30. The van der Waals surface area contributed by atoms with Crippen molar-refractivity contribution < 1.29 is 4.74 Å². The van der Waals surface area contributed by atoms with Crippen LogP contribution < -0.4 is 0 Å². The van der Waals surface area contributed by atoms with Crippen molar-refractivity contribution in [1.29, 1.82) is 0 Å². The predicted octanol–water partition coefficient (Wildman–Crippen LogP) is 2.97. The quantitative estimate of drug-likeness (QED) is 0.699. The van der Waals surface area contributed by atoms with Gasteiger partial charge in [0.25, 0.3) is 0 Å². The zero-order chi connectivity index (χ0) is 10.7. The van der Waals surface area contributed by atoms with Crippen LogP contribution in [0.15, 0.2) is 47.5 Å². The Morgan fingerprint density at radius 3 is 2.93 bits per heavy atom. The zero-order valence-corrected chi connectivity index (χ0v) is 9.36. The second-order valence-corrected chi connectivity index (χ2v) is 3.79. The van der Waals surface area contributed by atoms with E-state index in [0.717, 1.165) is 25.1 Å². The van der Waals surface area contributed by atoms with Gasteiger partial charge >= 0.3 is 0 Å². The number of nitrogens with zero attached hydrogens (tertiary/aromatic N) is 1. The summed E-state index contributed by atoms with van der Waals surface area (Å²) in [6.07, 6.45) is 12.7. The van der Waals surface area contributed by atoms with Gasteiger partial charge in [-0.15, -0.1) is 0 Å². The Bertz CT molecular complexity index is 361. The number of hydrogen-bond acceptors (Lipinski definition) is 2. The molecular formula is C13H17NO. The second kappa shape index (κ2) is 4.39. The number of rotatable bonds is 3. The summed E-state index contributed by atoms with van der Waals surface area (Å²) in [7, 11) is 1.73. The Kier molecular flexibility index (Phi) is 2.95. The Balaban J connectivity index is 2.23. The van der Waals surface area contributed by atoms with Gasteiger partial charge in [-0.05, 0) is 30.2 Å². The van der Waals surface area contributed by atoms with Crippen LogP contribution in [0.2, 0.25) is 0 Å². The minimum atomic E-state index is 0.910. The van der Waals surface area contributed by atoms with Crippen molar-refractivity contribution in [2.24, 2.45) is 0 Å².